The molecule has 0 unspecified atom stereocenters. The van der Waals surface area contributed by atoms with Crippen LogP contribution in [0, 0.1) is 5.92 Å². The van der Waals surface area contributed by atoms with Crippen molar-refractivity contribution in [1.29, 1.82) is 0 Å². The third kappa shape index (κ3) is 2.85. The van der Waals surface area contributed by atoms with Crippen molar-refractivity contribution in [3.63, 3.8) is 0 Å². The first-order valence-electron chi connectivity index (χ1n) is 6.20. The molecule has 1 aliphatic carbocycles. The first kappa shape index (κ1) is 12.8. The smallest absolute Gasteiger partial charge is 0.262 e. The molecule has 1 fully saturated rings. The number of hydrogen-bond donors (Lipinski definition) is 1. The fourth-order valence-corrected chi connectivity index (χ4v) is 2.26. The molecule has 2 aliphatic rings. The molecule has 6 heteroatoms. The summed E-state index contributed by atoms with van der Waals surface area (Å²) in [6, 6.07) is 5.32. The van der Waals surface area contributed by atoms with E-state index in [1.807, 2.05) is 6.07 Å². The molecular formula is C13H13Cl2N3O. The van der Waals surface area contributed by atoms with E-state index in [0.717, 1.165) is 12.1 Å². The molecule has 4 nitrogen and oxygen atoms in total. The van der Waals surface area contributed by atoms with Crippen LogP contribution in [0.3, 0.4) is 0 Å². The van der Waals surface area contributed by atoms with E-state index < -0.39 is 0 Å². The summed E-state index contributed by atoms with van der Waals surface area (Å²) >= 11 is 11.9. The van der Waals surface area contributed by atoms with Crippen LogP contribution in [-0.4, -0.2) is 29.8 Å². The highest BCUT2D eigenvalue weighted by molar-refractivity contribution is 6.42. The van der Waals surface area contributed by atoms with Crippen molar-refractivity contribution < 1.29 is 4.79 Å². The van der Waals surface area contributed by atoms with Crippen LogP contribution in [0.5, 0.6) is 0 Å². The van der Waals surface area contributed by atoms with Crippen molar-refractivity contribution in [2.75, 3.05) is 13.1 Å². The third-order valence-electron chi connectivity index (χ3n) is 3.25. The van der Waals surface area contributed by atoms with Crippen LogP contribution in [0.4, 0.5) is 0 Å². The molecule has 19 heavy (non-hydrogen) atoms. The topological polar surface area (TPSA) is 44.7 Å². The zero-order valence-corrected chi connectivity index (χ0v) is 11.7. The molecule has 0 bridgehead atoms. The van der Waals surface area contributed by atoms with E-state index in [-0.39, 0.29) is 12.5 Å². The Hall–Kier alpha value is -1.26. The zero-order valence-electron chi connectivity index (χ0n) is 10.2. The fourth-order valence-electron chi connectivity index (χ4n) is 1.96. The van der Waals surface area contributed by atoms with Gasteiger partial charge in [-0.25, -0.2) is 0 Å². The number of nitrogens with one attached hydrogen (secondary N) is 1. The molecule has 1 saturated carbocycles. The molecular weight excluding hydrogens is 285 g/mol. The van der Waals surface area contributed by atoms with Crippen LogP contribution >= 0.6 is 23.2 Å². The molecule has 0 radical (unpaired) electrons. The van der Waals surface area contributed by atoms with Crippen molar-refractivity contribution in [2.24, 2.45) is 10.9 Å². The average molecular weight is 298 g/mol. The summed E-state index contributed by atoms with van der Waals surface area (Å²) in [5.41, 5.74) is 3.91. The summed E-state index contributed by atoms with van der Waals surface area (Å²) in [6.07, 6.45) is 2.40. The lowest BCUT2D eigenvalue weighted by Gasteiger charge is -2.28. The lowest BCUT2D eigenvalue weighted by atomic mass is 10.2. The van der Waals surface area contributed by atoms with Crippen LogP contribution in [0.1, 0.15) is 18.4 Å². The number of hydrogen-bond acceptors (Lipinski definition) is 3. The Labute approximate surface area is 121 Å². The van der Waals surface area contributed by atoms with Crippen LogP contribution < -0.4 is 5.43 Å². The normalized spacial score (nSPS) is 19.2. The van der Waals surface area contributed by atoms with Crippen molar-refractivity contribution in [3.8, 4) is 0 Å². The molecule has 0 spiro atoms. The summed E-state index contributed by atoms with van der Waals surface area (Å²) in [6.45, 7) is 0.925. The second-order valence-electron chi connectivity index (χ2n) is 4.85. The molecule has 100 valence electrons. The number of nitrogens with zero attached hydrogens (tertiary/aromatic N) is 2. The minimum absolute atomic E-state index is 0.00992. The van der Waals surface area contributed by atoms with Gasteiger partial charge in [0.05, 0.1) is 10.0 Å². The molecule has 0 atom stereocenters. The molecule has 1 aliphatic heterocycles. The molecule has 0 saturated heterocycles. The van der Waals surface area contributed by atoms with Crippen molar-refractivity contribution in [2.45, 2.75) is 12.8 Å². The van der Waals surface area contributed by atoms with Crippen molar-refractivity contribution in [3.05, 3.63) is 33.8 Å². The van der Waals surface area contributed by atoms with Crippen molar-refractivity contribution >= 4 is 34.9 Å². The Morgan fingerprint density at radius 3 is 2.79 bits per heavy atom. The first-order chi connectivity index (χ1) is 9.13. The number of aliphatic imine (C=N–C) groups is 1. The van der Waals surface area contributed by atoms with E-state index in [0.29, 0.717) is 21.8 Å². The largest absolute Gasteiger partial charge is 0.279 e. The first-order valence-corrected chi connectivity index (χ1v) is 6.96. The van der Waals surface area contributed by atoms with E-state index in [9.17, 15) is 4.79 Å². The number of carbonyl (C=O) groups is 1. The van der Waals surface area contributed by atoms with E-state index in [4.69, 9.17) is 23.2 Å². The van der Waals surface area contributed by atoms with Crippen molar-refractivity contribution in [1.82, 2.24) is 10.4 Å². The van der Waals surface area contributed by atoms with Gasteiger partial charge in [-0.1, -0.05) is 23.2 Å². The number of benzene rings is 1. The fraction of sp³-hybridized carbons (Fsp3) is 0.385. The molecule has 1 aromatic rings. The van der Waals surface area contributed by atoms with Crippen LogP contribution in [0.2, 0.25) is 10.0 Å². The summed E-state index contributed by atoms with van der Waals surface area (Å²) in [5, 5.41) is 2.64. The van der Waals surface area contributed by atoms with Gasteiger partial charge < -0.3 is 0 Å². The van der Waals surface area contributed by atoms with Crippen LogP contribution in [0.15, 0.2) is 23.2 Å². The summed E-state index contributed by atoms with van der Waals surface area (Å²) < 4.78 is 0. The highest BCUT2D eigenvalue weighted by Gasteiger charge is 2.29. The lowest BCUT2D eigenvalue weighted by Crippen LogP contribution is -2.51. The Morgan fingerprint density at radius 2 is 2.11 bits per heavy atom. The third-order valence-corrected chi connectivity index (χ3v) is 3.98. The Balaban J connectivity index is 1.79. The Morgan fingerprint density at radius 1 is 1.32 bits per heavy atom. The zero-order chi connectivity index (χ0) is 13.4. The molecule has 0 aromatic heterocycles. The standard InChI is InChI=1S/C13H13Cl2N3O/c14-10-4-3-9(5-11(10)15)13-16-6-12(19)18(17-13)7-8-1-2-8/h3-5,8H,1-2,6-7H2,(H,16,17). The Kier molecular flexibility index (Phi) is 3.37. The number of amides is 1. The average Bonchev–Trinajstić information content (AvgIpc) is 3.19. The maximum absolute atomic E-state index is 11.8. The second kappa shape index (κ2) is 5.02. The highest BCUT2D eigenvalue weighted by Crippen LogP contribution is 2.29. The van der Waals surface area contributed by atoms with Gasteiger partial charge in [0.2, 0.25) is 0 Å². The van der Waals surface area contributed by atoms with Gasteiger partial charge in [-0.05, 0) is 37.0 Å². The van der Waals surface area contributed by atoms with Gasteiger partial charge in [-0.2, -0.15) is 0 Å². The van der Waals surface area contributed by atoms with Crippen LogP contribution in [-0.2, 0) is 4.79 Å². The van der Waals surface area contributed by atoms with Gasteiger partial charge in [0.1, 0.15) is 12.4 Å². The van der Waals surface area contributed by atoms with Gasteiger partial charge in [0.25, 0.3) is 5.91 Å². The quantitative estimate of drug-likeness (QED) is 0.932. The Bertz CT molecular complexity index is 555. The second-order valence-corrected chi connectivity index (χ2v) is 5.67. The van der Waals surface area contributed by atoms with Gasteiger partial charge in [0, 0.05) is 12.1 Å². The highest BCUT2D eigenvalue weighted by atomic mass is 35.5. The molecule has 1 aromatic carbocycles. The van der Waals surface area contributed by atoms with E-state index in [2.05, 4.69) is 10.4 Å². The van der Waals surface area contributed by atoms with Gasteiger partial charge in [-0.3, -0.25) is 20.2 Å². The van der Waals surface area contributed by atoms with Gasteiger partial charge in [-0.15, -0.1) is 0 Å². The van der Waals surface area contributed by atoms with Gasteiger partial charge in [0.15, 0.2) is 0 Å². The van der Waals surface area contributed by atoms with Gasteiger partial charge >= 0.3 is 0 Å². The molecule has 1 amide bonds. The summed E-state index contributed by atoms with van der Waals surface area (Å²) in [7, 11) is 0. The predicted molar refractivity (Wildman–Crippen MR) is 75.4 cm³/mol. The van der Waals surface area contributed by atoms with E-state index in [1.165, 1.54) is 12.8 Å². The molecule has 3 rings (SSSR count). The predicted octanol–water partition coefficient (Wildman–Crippen LogP) is 2.50. The minimum Gasteiger partial charge on any atom is -0.279 e. The monoisotopic (exact) mass is 297 g/mol. The maximum Gasteiger partial charge on any atom is 0.262 e. The lowest BCUT2D eigenvalue weighted by molar-refractivity contribution is -0.132. The minimum atomic E-state index is 0.00992. The number of rotatable bonds is 3. The number of amidine groups is 1. The number of hydrazine groups is 1. The van der Waals surface area contributed by atoms with E-state index >= 15 is 0 Å². The SMILES string of the molecule is O=C1CN=C(c2ccc(Cl)c(Cl)c2)NN1CC1CC1. The van der Waals surface area contributed by atoms with Crippen LogP contribution in [0.25, 0.3) is 0 Å². The molecule has 1 N–H and O–H groups in total. The molecule has 1 heterocycles. The number of halogens is 2. The maximum atomic E-state index is 11.8. The summed E-state index contributed by atoms with van der Waals surface area (Å²) in [4.78, 5) is 16.0. The summed E-state index contributed by atoms with van der Waals surface area (Å²) in [5.74, 6) is 1.30. The van der Waals surface area contributed by atoms with E-state index in [1.54, 1.807) is 17.1 Å². The number of carbonyl (C=O) groups excluding carboxylic acids is 1.